The summed E-state index contributed by atoms with van der Waals surface area (Å²) in [6, 6.07) is 9.33. The second kappa shape index (κ2) is 11.5. The molecular weight excluding hydrogens is 487 g/mol. The Hall–Kier alpha value is -3.82. The molecule has 1 unspecified atom stereocenters. The number of urea groups is 1. The molecule has 3 amide bonds. The number of ether oxygens (including phenoxy) is 1. The number of carbonyl (C=O) groups excluding carboxylic acids is 3. The molecule has 0 spiro atoms. The van der Waals surface area contributed by atoms with Crippen LogP contribution in [-0.2, 0) is 15.7 Å². The van der Waals surface area contributed by atoms with Gasteiger partial charge in [-0.2, -0.15) is 13.2 Å². The van der Waals surface area contributed by atoms with Gasteiger partial charge in [0, 0.05) is 23.5 Å². The number of anilines is 1. The number of nitrogens with zero attached hydrogens (tertiary/aromatic N) is 1. The number of benzene rings is 2. The summed E-state index contributed by atoms with van der Waals surface area (Å²) < 4.78 is 43.7. The van der Waals surface area contributed by atoms with Crippen LogP contribution >= 0.6 is 0 Å². The summed E-state index contributed by atoms with van der Waals surface area (Å²) in [6.45, 7) is 7.68. The van der Waals surface area contributed by atoms with Gasteiger partial charge in [0.05, 0.1) is 23.3 Å². The van der Waals surface area contributed by atoms with E-state index in [0.717, 1.165) is 37.1 Å². The van der Waals surface area contributed by atoms with Gasteiger partial charge in [-0.15, -0.1) is 0 Å². The molecule has 1 atom stereocenters. The van der Waals surface area contributed by atoms with Gasteiger partial charge in [-0.1, -0.05) is 25.5 Å². The van der Waals surface area contributed by atoms with E-state index in [-0.39, 0.29) is 17.7 Å². The molecule has 0 saturated carbocycles. The maximum absolute atomic E-state index is 13.0. The van der Waals surface area contributed by atoms with Gasteiger partial charge in [0.2, 0.25) is 0 Å². The molecule has 0 radical (unpaired) electrons. The van der Waals surface area contributed by atoms with E-state index < -0.39 is 29.7 Å². The van der Waals surface area contributed by atoms with Gasteiger partial charge in [0.25, 0.3) is 5.91 Å². The van der Waals surface area contributed by atoms with E-state index in [1.54, 1.807) is 45.0 Å². The lowest BCUT2D eigenvalue weighted by atomic mass is 9.94. The van der Waals surface area contributed by atoms with E-state index in [4.69, 9.17) is 4.74 Å². The fourth-order valence-electron chi connectivity index (χ4n) is 3.93. The third-order valence-electron chi connectivity index (χ3n) is 5.87. The number of hydrogen-bond acceptors (Lipinski definition) is 4. The molecule has 0 saturated heterocycles. The average molecular weight is 518 g/mol. The maximum atomic E-state index is 13.0. The Morgan fingerprint density at radius 3 is 2.24 bits per heavy atom. The van der Waals surface area contributed by atoms with Crippen LogP contribution in [0.5, 0.6) is 0 Å². The monoisotopic (exact) mass is 517 g/mol. The van der Waals surface area contributed by atoms with Crippen LogP contribution in [0.3, 0.4) is 0 Å². The molecule has 37 heavy (non-hydrogen) atoms. The minimum absolute atomic E-state index is 0.0704. The van der Waals surface area contributed by atoms with Crippen molar-refractivity contribution in [3.05, 3.63) is 76.5 Å². The summed E-state index contributed by atoms with van der Waals surface area (Å²) in [5.41, 5.74) is 1.07. The van der Waals surface area contributed by atoms with Crippen molar-refractivity contribution >= 4 is 23.6 Å². The average Bonchev–Trinajstić information content (AvgIpc) is 2.83. The quantitative estimate of drug-likeness (QED) is 0.418. The lowest BCUT2D eigenvalue weighted by Gasteiger charge is -2.35. The number of rotatable bonds is 8. The van der Waals surface area contributed by atoms with Crippen molar-refractivity contribution < 1.29 is 32.3 Å². The second-order valence-electron chi connectivity index (χ2n) is 8.99. The Bertz CT molecular complexity index is 1170. The van der Waals surface area contributed by atoms with Crippen LogP contribution in [-0.4, -0.2) is 35.5 Å². The van der Waals surface area contributed by atoms with Crippen molar-refractivity contribution in [3.8, 4) is 0 Å². The number of nitrogens with one attached hydrogen (secondary N) is 2. The molecule has 7 nitrogen and oxygen atoms in total. The Labute approximate surface area is 213 Å². The molecule has 0 aliphatic carbocycles. The lowest BCUT2D eigenvalue weighted by Crippen LogP contribution is -2.48. The minimum Gasteiger partial charge on any atom is -0.459 e. The van der Waals surface area contributed by atoms with Crippen LogP contribution in [0.2, 0.25) is 0 Å². The van der Waals surface area contributed by atoms with E-state index in [1.165, 1.54) is 4.90 Å². The molecule has 0 bridgehead atoms. The number of hydrogen-bond donors (Lipinski definition) is 2. The molecule has 1 aliphatic rings. The first-order valence-corrected chi connectivity index (χ1v) is 12.0. The first-order valence-electron chi connectivity index (χ1n) is 12.0. The van der Waals surface area contributed by atoms with Crippen LogP contribution in [0.15, 0.2) is 59.8 Å². The summed E-state index contributed by atoms with van der Waals surface area (Å²) in [7, 11) is 0. The highest BCUT2D eigenvalue weighted by Crippen LogP contribution is 2.33. The highest BCUT2D eigenvalue weighted by Gasteiger charge is 2.36. The normalized spacial score (nSPS) is 16.1. The number of unbranched alkanes of at least 4 members (excludes halogenated alkanes) is 1. The van der Waals surface area contributed by atoms with Crippen molar-refractivity contribution in [1.29, 1.82) is 0 Å². The third-order valence-corrected chi connectivity index (χ3v) is 5.87. The van der Waals surface area contributed by atoms with Crippen molar-refractivity contribution in [1.82, 2.24) is 10.2 Å². The number of carbonyl (C=O) groups is 3. The first-order chi connectivity index (χ1) is 17.4. The number of amides is 3. The molecule has 2 aromatic rings. The Kier molecular flexibility index (Phi) is 8.62. The van der Waals surface area contributed by atoms with Crippen LogP contribution in [0.4, 0.5) is 23.7 Å². The number of esters is 1. The summed E-state index contributed by atoms with van der Waals surface area (Å²) in [5, 5.41) is 5.51. The van der Waals surface area contributed by atoms with Gasteiger partial charge in [0.1, 0.15) is 0 Å². The zero-order valence-corrected chi connectivity index (χ0v) is 21.1. The van der Waals surface area contributed by atoms with Gasteiger partial charge in [0.15, 0.2) is 0 Å². The van der Waals surface area contributed by atoms with E-state index in [1.807, 2.05) is 6.92 Å². The number of halogens is 3. The predicted molar refractivity (Wildman–Crippen MR) is 133 cm³/mol. The minimum atomic E-state index is -4.49. The molecule has 0 fully saturated rings. The Morgan fingerprint density at radius 2 is 1.70 bits per heavy atom. The van der Waals surface area contributed by atoms with Crippen LogP contribution in [0.1, 0.15) is 68.1 Å². The molecule has 2 N–H and O–H groups in total. The van der Waals surface area contributed by atoms with Gasteiger partial charge in [-0.05, 0) is 69.2 Å². The van der Waals surface area contributed by atoms with Gasteiger partial charge in [-0.25, -0.2) is 9.59 Å². The zero-order chi connectivity index (χ0) is 27.3. The highest BCUT2D eigenvalue weighted by molar-refractivity contribution is 6.04. The Balaban J connectivity index is 1.83. The molecule has 2 aromatic carbocycles. The van der Waals surface area contributed by atoms with E-state index in [9.17, 15) is 27.6 Å². The van der Waals surface area contributed by atoms with Gasteiger partial charge < -0.3 is 15.4 Å². The van der Waals surface area contributed by atoms with Crippen molar-refractivity contribution in [2.75, 3.05) is 11.9 Å². The van der Waals surface area contributed by atoms with Crippen LogP contribution in [0.25, 0.3) is 0 Å². The first kappa shape index (κ1) is 27.8. The predicted octanol–water partition coefficient (Wildman–Crippen LogP) is 6.05. The fourth-order valence-corrected chi connectivity index (χ4v) is 3.93. The smallest absolute Gasteiger partial charge is 0.416 e. The standard InChI is InChI=1S/C27H30F3N3O4/c1-5-6-15-33-17(4)22(25(35)37-16(2)3)23(32-26(33)36)18-9-13-21(14-10-18)31-24(34)19-7-11-20(12-8-19)27(28,29)30/h7-14,16,23H,5-6,15H2,1-4H3,(H,31,34)(H,32,36). The zero-order valence-electron chi connectivity index (χ0n) is 21.1. The molecular formula is C27H30F3N3O4. The summed E-state index contributed by atoms with van der Waals surface area (Å²) in [5.74, 6) is -1.10. The van der Waals surface area contributed by atoms with E-state index in [0.29, 0.717) is 29.1 Å². The van der Waals surface area contributed by atoms with Gasteiger partial charge >= 0.3 is 18.2 Å². The molecule has 198 valence electrons. The topological polar surface area (TPSA) is 87.7 Å². The molecule has 1 heterocycles. The summed E-state index contributed by atoms with van der Waals surface area (Å²) in [6.07, 6.45) is -3.18. The highest BCUT2D eigenvalue weighted by atomic mass is 19.4. The second-order valence-corrected chi connectivity index (χ2v) is 8.99. The fraction of sp³-hybridized carbons (Fsp3) is 0.370. The third kappa shape index (κ3) is 6.69. The van der Waals surface area contributed by atoms with Crippen LogP contribution in [0, 0.1) is 0 Å². The van der Waals surface area contributed by atoms with Crippen LogP contribution < -0.4 is 10.6 Å². The summed E-state index contributed by atoms with van der Waals surface area (Å²) in [4.78, 5) is 39.9. The van der Waals surface area contributed by atoms with Crippen molar-refractivity contribution in [2.45, 2.75) is 58.9 Å². The molecule has 0 aromatic heterocycles. The van der Waals surface area contributed by atoms with Crippen molar-refractivity contribution in [2.24, 2.45) is 0 Å². The lowest BCUT2D eigenvalue weighted by molar-refractivity contribution is -0.143. The molecule has 3 rings (SSSR count). The largest absolute Gasteiger partial charge is 0.459 e. The van der Waals surface area contributed by atoms with E-state index >= 15 is 0 Å². The van der Waals surface area contributed by atoms with Crippen molar-refractivity contribution in [3.63, 3.8) is 0 Å². The number of alkyl halides is 3. The number of allylic oxidation sites excluding steroid dienone is 1. The SMILES string of the molecule is CCCCN1C(=O)NC(c2ccc(NC(=O)c3ccc(C(F)(F)F)cc3)cc2)C(C(=O)OC(C)C)=C1C. The molecule has 10 heteroatoms. The Morgan fingerprint density at radius 1 is 1.08 bits per heavy atom. The summed E-state index contributed by atoms with van der Waals surface area (Å²) >= 11 is 0. The molecule has 1 aliphatic heterocycles. The maximum Gasteiger partial charge on any atom is 0.416 e. The van der Waals surface area contributed by atoms with E-state index in [2.05, 4.69) is 10.6 Å². The van der Waals surface area contributed by atoms with Gasteiger partial charge in [-0.3, -0.25) is 9.69 Å².